The van der Waals surface area contributed by atoms with Crippen molar-refractivity contribution in [2.45, 2.75) is 38.6 Å². The largest absolute Gasteiger partial charge is 0.481 e. The summed E-state index contributed by atoms with van der Waals surface area (Å²) in [5.41, 5.74) is 0. The second-order valence-corrected chi connectivity index (χ2v) is 5.55. The first-order valence-corrected chi connectivity index (χ1v) is 7.47. The second-order valence-electron chi connectivity index (χ2n) is 5.55. The molecule has 0 aromatic heterocycles. The molecule has 2 fully saturated rings. The lowest BCUT2D eigenvalue weighted by Gasteiger charge is -2.34. The monoisotopic (exact) mass is 298 g/mol. The van der Waals surface area contributed by atoms with E-state index in [0.717, 1.165) is 12.8 Å². The molecule has 2 aliphatic rings. The summed E-state index contributed by atoms with van der Waals surface area (Å²) in [7, 11) is 0. The molecule has 1 N–H and O–H groups in total. The third kappa shape index (κ3) is 4.09. The quantitative estimate of drug-likeness (QED) is 0.763. The van der Waals surface area contributed by atoms with Crippen LogP contribution in [0.4, 0.5) is 4.79 Å². The number of esters is 1. The molecule has 7 heteroatoms. The highest BCUT2D eigenvalue weighted by molar-refractivity contribution is 5.82. The third-order valence-corrected chi connectivity index (χ3v) is 3.95. The summed E-state index contributed by atoms with van der Waals surface area (Å²) in [6.45, 7) is 2.88. The summed E-state index contributed by atoms with van der Waals surface area (Å²) in [6.07, 6.45) is 2.77. The fraction of sp³-hybridized carbons (Fsp3) is 0.786. The first-order chi connectivity index (χ1) is 10.0. The van der Waals surface area contributed by atoms with Gasteiger partial charge >= 0.3 is 18.0 Å². The summed E-state index contributed by atoms with van der Waals surface area (Å²) >= 11 is 0. The molecule has 1 aliphatic heterocycles. The highest BCUT2D eigenvalue weighted by Crippen LogP contribution is 2.29. The molecule has 118 valence electrons. The van der Waals surface area contributed by atoms with Crippen molar-refractivity contribution in [2.75, 3.05) is 26.2 Å². The number of hydrogen-bond acceptors (Lipinski definition) is 4. The van der Waals surface area contributed by atoms with Crippen LogP contribution in [0, 0.1) is 5.92 Å². The van der Waals surface area contributed by atoms with Crippen LogP contribution in [0.15, 0.2) is 0 Å². The van der Waals surface area contributed by atoms with Crippen molar-refractivity contribution < 1.29 is 24.2 Å². The number of carboxylic acid groups (broad SMARTS) is 1. The minimum absolute atomic E-state index is 0.0177. The maximum Gasteiger partial charge on any atom is 0.325 e. The van der Waals surface area contributed by atoms with Crippen molar-refractivity contribution in [3.63, 3.8) is 0 Å². The maximum absolute atomic E-state index is 12.5. The Morgan fingerprint density at radius 2 is 1.81 bits per heavy atom. The SMILES string of the molecule is CCOC(=O)CN(C(=O)N1CCC(C(=O)O)CC1)C1CC1. The summed E-state index contributed by atoms with van der Waals surface area (Å²) < 4.78 is 4.91. The molecule has 7 nitrogen and oxygen atoms in total. The van der Waals surface area contributed by atoms with Crippen LogP contribution in [0.25, 0.3) is 0 Å². The molecular formula is C14H22N2O5. The first-order valence-electron chi connectivity index (χ1n) is 7.47. The van der Waals surface area contributed by atoms with Gasteiger partial charge in [-0.2, -0.15) is 0 Å². The van der Waals surface area contributed by atoms with E-state index >= 15 is 0 Å². The van der Waals surface area contributed by atoms with Crippen molar-refractivity contribution >= 4 is 18.0 Å². The Balaban J connectivity index is 1.90. The van der Waals surface area contributed by atoms with Crippen LogP contribution in [0.3, 0.4) is 0 Å². The van der Waals surface area contributed by atoms with Gasteiger partial charge in [-0.05, 0) is 32.6 Å². The van der Waals surface area contributed by atoms with E-state index in [1.54, 1.807) is 16.7 Å². The number of aliphatic carboxylic acids is 1. The topological polar surface area (TPSA) is 87.2 Å². The number of urea groups is 1. The molecule has 1 saturated carbocycles. The van der Waals surface area contributed by atoms with Gasteiger partial charge in [0.2, 0.25) is 0 Å². The Kier molecular flexibility index (Phi) is 5.03. The average Bonchev–Trinajstić information content (AvgIpc) is 3.29. The smallest absolute Gasteiger partial charge is 0.325 e. The molecule has 0 radical (unpaired) electrons. The fourth-order valence-corrected chi connectivity index (χ4v) is 2.58. The van der Waals surface area contributed by atoms with Gasteiger partial charge in [-0.3, -0.25) is 9.59 Å². The van der Waals surface area contributed by atoms with E-state index in [2.05, 4.69) is 0 Å². The Hall–Kier alpha value is -1.79. The fourth-order valence-electron chi connectivity index (χ4n) is 2.58. The Labute approximate surface area is 123 Å². The minimum atomic E-state index is -0.798. The van der Waals surface area contributed by atoms with Crippen molar-refractivity contribution in [1.29, 1.82) is 0 Å². The van der Waals surface area contributed by atoms with Gasteiger partial charge < -0.3 is 19.6 Å². The maximum atomic E-state index is 12.5. The molecule has 1 heterocycles. The molecule has 0 aromatic carbocycles. The normalized spacial score (nSPS) is 19.2. The van der Waals surface area contributed by atoms with Gasteiger partial charge in [0.05, 0.1) is 12.5 Å². The number of carboxylic acids is 1. The van der Waals surface area contributed by atoms with Crippen LogP contribution < -0.4 is 0 Å². The molecule has 2 amide bonds. The van der Waals surface area contributed by atoms with E-state index in [0.29, 0.717) is 32.5 Å². The minimum Gasteiger partial charge on any atom is -0.481 e. The predicted molar refractivity (Wildman–Crippen MR) is 73.7 cm³/mol. The number of hydrogen-bond donors (Lipinski definition) is 1. The van der Waals surface area contributed by atoms with E-state index in [1.165, 1.54) is 0 Å². The number of amides is 2. The predicted octanol–water partition coefficient (Wildman–Crippen LogP) is 0.930. The zero-order valence-corrected chi connectivity index (χ0v) is 12.3. The standard InChI is InChI=1S/C14H22N2O5/c1-2-21-12(17)9-16(11-3-4-11)14(20)15-7-5-10(6-8-15)13(18)19/h10-11H,2-9H2,1H3,(H,18,19). The van der Waals surface area contributed by atoms with Gasteiger partial charge in [-0.25, -0.2) is 4.79 Å². The highest BCUT2D eigenvalue weighted by atomic mass is 16.5. The van der Waals surface area contributed by atoms with Gasteiger partial charge in [0.15, 0.2) is 0 Å². The number of carbonyl (C=O) groups is 3. The molecule has 0 aromatic rings. The number of likely N-dealkylation sites (tertiary alicyclic amines) is 1. The third-order valence-electron chi connectivity index (χ3n) is 3.95. The van der Waals surface area contributed by atoms with Crippen LogP contribution in [0.2, 0.25) is 0 Å². The summed E-state index contributed by atoms with van der Waals surface area (Å²) in [6, 6.07) is -0.0477. The van der Waals surface area contributed by atoms with Gasteiger partial charge in [0.1, 0.15) is 6.54 Å². The number of nitrogens with zero attached hydrogens (tertiary/aromatic N) is 2. The van der Waals surface area contributed by atoms with E-state index < -0.39 is 11.9 Å². The van der Waals surface area contributed by atoms with Crippen LogP contribution in [-0.4, -0.2) is 65.2 Å². The van der Waals surface area contributed by atoms with Gasteiger partial charge in [0, 0.05) is 19.1 Å². The number of carbonyl (C=O) groups excluding carboxylic acids is 2. The van der Waals surface area contributed by atoms with E-state index in [4.69, 9.17) is 9.84 Å². The van der Waals surface area contributed by atoms with Crippen LogP contribution in [-0.2, 0) is 14.3 Å². The summed E-state index contributed by atoms with van der Waals surface area (Å²) in [4.78, 5) is 38.2. The lowest BCUT2D eigenvalue weighted by Crippen LogP contribution is -2.49. The van der Waals surface area contributed by atoms with Crippen LogP contribution in [0.1, 0.15) is 32.6 Å². The first kappa shape index (κ1) is 15.6. The molecule has 2 rings (SSSR count). The number of rotatable bonds is 5. The molecule has 1 saturated heterocycles. The highest BCUT2D eigenvalue weighted by Gasteiger charge is 2.37. The molecule has 21 heavy (non-hydrogen) atoms. The number of ether oxygens (including phenoxy) is 1. The molecule has 0 bridgehead atoms. The van der Waals surface area contributed by atoms with Crippen LogP contribution >= 0.6 is 0 Å². The number of piperidine rings is 1. The second kappa shape index (κ2) is 6.78. The zero-order chi connectivity index (χ0) is 15.4. The van der Waals surface area contributed by atoms with Crippen molar-refractivity contribution in [1.82, 2.24) is 9.80 Å². The lowest BCUT2D eigenvalue weighted by atomic mass is 9.97. The van der Waals surface area contributed by atoms with Gasteiger partial charge in [-0.15, -0.1) is 0 Å². The molecule has 0 atom stereocenters. The van der Waals surface area contributed by atoms with E-state index in [-0.39, 0.29) is 24.5 Å². The average molecular weight is 298 g/mol. The summed E-state index contributed by atoms with van der Waals surface area (Å²) in [5, 5.41) is 8.97. The van der Waals surface area contributed by atoms with Crippen molar-refractivity contribution in [2.24, 2.45) is 5.92 Å². The lowest BCUT2D eigenvalue weighted by molar-refractivity contribution is -0.144. The molecular weight excluding hydrogens is 276 g/mol. The Morgan fingerprint density at radius 1 is 1.19 bits per heavy atom. The molecule has 0 spiro atoms. The van der Waals surface area contributed by atoms with E-state index in [9.17, 15) is 14.4 Å². The molecule has 0 unspecified atom stereocenters. The zero-order valence-electron chi connectivity index (χ0n) is 12.3. The summed E-state index contributed by atoms with van der Waals surface area (Å²) in [5.74, 6) is -1.56. The molecule has 1 aliphatic carbocycles. The van der Waals surface area contributed by atoms with E-state index in [1.807, 2.05) is 0 Å². The van der Waals surface area contributed by atoms with Crippen LogP contribution in [0.5, 0.6) is 0 Å². The van der Waals surface area contributed by atoms with Gasteiger partial charge in [-0.1, -0.05) is 0 Å². The van der Waals surface area contributed by atoms with Crippen molar-refractivity contribution in [3.8, 4) is 0 Å². The van der Waals surface area contributed by atoms with Gasteiger partial charge in [0.25, 0.3) is 0 Å². The Morgan fingerprint density at radius 3 is 2.29 bits per heavy atom. The Bertz CT molecular complexity index is 414. The van der Waals surface area contributed by atoms with Crippen molar-refractivity contribution in [3.05, 3.63) is 0 Å².